The van der Waals surface area contributed by atoms with Gasteiger partial charge < -0.3 is 10.2 Å². The van der Waals surface area contributed by atoms with Crippen LogP contribution in [0.2, 0.25) is 0 Å². The van der Waals surface area contributed by atoms with Gasteiger partial charge >= 0.3 is 12.1 Å². The predicted octanol–water partition coefficient (Wildman–Crippen LogP) is 1.71. The van der Waals surface area contributed by atoms with Crippen LogP contribution in [0.3, 0.4) is 0 Å². The Balaban J connectivity index is 1.90. The second-order valence-corrected chi connectivity index (χ2v) is 5.58. The Kier molecular flexibility index (Phi) is 4.03. The molecule has 0 saturated carbocycles. The predicted molar refractivity (Wildman–Crippen MR) is 81.8 cm³/mol. The molecule has 2 N–H and O–H groups in total. The van der Waals surface area contributed by atoms with Crippen LogP contribution in [0.15, 0.2) is 42.7 Å². The fourth-order valence-electron chi connectivity index (χ4n) is 2.99. The molecule has 1 aromatic carbocycles. The average Bonchev–Trinajstić information content (AvgIpc) is 3.08. The van der Waals surface area contributed by atoms with E-state index in [-0.39, 0.29) is 18.8 Å². The fraction of sp³-hybridized carbons (Fsp3) is 0.250. The quantitative estimate of drug-likeness (QED) is 0.886. The standard InChI is InChI=1S/C16H15N3O5/c20-14-9-11(8-13(15(21)22)19(14)16(23)24)10-3-1-4-12(7-10)18-6-2-5-17-18/h1-7,11,13H,8-9H2,(H,21,22)(H,23,24)/t11-,13-/m1/s1. The maximum atomic E-state index is 12.1. The molecule has 24 heavy (non-hydrogen) atoms. The highest BCUT2D eigenvalue weighted by molar-refractivity contribution is 5.97. The number of carboxylic acid groups (broad SMARTS) is 2. The van der Waals surface area contributed by atoms with E-state index in [2.05, 4.69) is 5.10 Å². The van der Waals surface area contributed by atoms with Gasteiger partial charge in [-0.3, -0.25) is 4.79 Å². The summed E-state index contributed by atoms with van der Waals surface area (Å²) in [6, 6.07) is 7.69. The lowest BCUT2D eigenvalue weighted by molar-refractivity contribution is -0.151. The molecule has 2 amide bonds. The van der Waals surface area contributed by atoms with Crippen molar-refractivity contribution >= 4 is 18.0 Å². The Morgan fingerprint density at radius 1 is 1.21 bits per heavy atom. The van der Waals surface area contributed by atoms with E-state index in [4.69, 9.17) is 5.11 Å². The first kappa shape index (κ1) is 15.7. The second kappa shape index (κ2) is 6.15. The highest BCUT2D eigenvalue weighted by Crippen LogP contribution is 2.33. The van der Waals surface area contributed by atoms with Gasteiger partial charge in [0, 0.05) is 18.8 Å². The minimum absolute atomic E-state index is 0.0430. The van der Waals surface area contributed by atoms with Gasteiger partial charge in [0.25, 0.3) is 0 Å². The first-order valence-electron chi connectivity index (χ1n) is 7.35. The number of benzene rings is 1. The molecule has 0 radical (unpaired) electrons. The third kappa shape index (κ3) is 2.85. The normalized spacial score (nSPS) is 20.8. The van der Waals surface area contributed by atoms with Gasteiger partial charge in [-0.25, -0.2) is 19.2 Å². The topological polar surface area (TPSA) is 113 Å². The number of hydrogen-bond donors (Lipinski definition) is 2. The van der Waals surface area contributed by atoms with Gasteiger partial charge in [0.15, 0.2) is 0 Å². The van der Waals surface area contributed by atoms with E-state index >= 15 is 0 Å². The first-order valence-corrected chi connectivity index (χ1v) is 7.35. The molecule has 1 aliphatic heterocycles. The van der Waals surface area contributed by atoms with E-state index in [0.29, 0.717) is 4.90 Å². The van der Waals surface area contributed by atoms with Crippen molar-refractivity contribution in [1.29, 1.82) is 0 Å². The molecule has 8 heteroatoms. The summed E-state index contributed by atoms with van der Waals surface area (Å²) in [5.41, 5.74) is 1.57. The zero-order chi connectivity index (χ0) is 17.3. The molecular weight excluding hydrogens is 314 g/mol. The van der Waals surface area contributed by atoms with Gasteiger partial charge in [-0.05, 0) is 36.1 Å². The van der Waals surface area contributed by atoms with Crippen LogP contribution in [-0.2, 0) is 9.59 Å². The van der Waals surface area contributed by atoms with Gasteiger partial charge in [-0.1, -0.05) is 12.1 Å². The Hall–Kier alpha value is -3.16. The summed E-state index contributed by atoms with van der Waals surface area (Å²) in [4.78, 5) is 35.1. The summed E-state index contributed by atoms with van der Waals surface area (Å²) in [5, 5.41) is 22.5. The summed E-state index contributed by atoms with van der Waals surface area (Å²) < 4.78 is 1.66. The minimum atomic E-state index is -1.53. The third-order valence-electron chi connectivity index (χ3n) is 4.11. The Morgan fingerprint density at radius 2 is 2.00 bits per heavy atom. The number of aliphatic carboxylic acids is 1. The number of carbonyl (C=O) groups is 3. The van der Waals surface area contributed by atoms with Gasteiger partial charge in [0.05, 0.1) is 5.69 Å². The van der Waals surface area contributed by atoms with Crippen molar-refractivity contribution in [3.05, 3.63) is 48.3 Å². The lowest BCUT2D eigenvalue weighted by Gasteiger charge is -2.33. The zero-order valence-corrected chi connectivity index (χ0v) is 12.6. The molecule has 0 spiro atoms. The van der Waals surface area contributed by atoms with E-state index < -0.39 is 24.0 Å². The summed E-state index contributed by atoms with van der Waals surface area (Å²) >= 11 is 0. The number of carboxylic acids is 1. The fourth-order valence-corrected chi connectivity index (χ4v) is 2.99. The summed E-state index contributed by atoms with van der Waals surface area (Å²) in [6.45, 7) is 0. The molecule has 1 fully saturated rings. The zero-order valence-electron chi connectivity index (χ0n) is 12.6. The number of hydrogen-bond acceptors (Lipinski definition) is 4. The van der Waals surface area contributed by atoms with Crippen molar-refractivity contribution in [3.63, 3.8) is 0 Å². The lowest BCUT2D eigenvalue weighted by atomic mass is 9.85. The number of carbonyl (C=O) groups excluding carboxylic acids is 1. The Bertz CT molecular complexity index is 787. The summed E-state index contributed by atoms with van der Waals surface area (Å²) in [6.07, 6.45) is 1.89. The van der Waals surface area contributed by atoms with Crippen molar-refractivity contribution in [3.8, 4) is 5.69 Å². The smallest absolute Gasteiger partial charge is 0.414 e. The van der Waals surface area contributed by atoms with Gasteiger partial charge in [0.2, 0.25) is 5.91 Å². The van der Waals surface area contributed by atoms with Crippen molar-refractivity contribution in [2.45, 2.75) is 24.8 Å². The number of aromatic nitrogens is 2. The van der Waals surface area contributed by atoms with Crippen LogP contribution in [0.5, 0.6) is 0 Å². The number of piperidine rings is 1. The maximum Gasteiger partial charge on any atom is 0.414 e. The molecule has 8 nitrogen and oxygen atoms in total. The molecule has 0 bridgehead atoms. The molecule has 124 valence electrons. The maximum absolute atomic E-state index is 12.1. The monoisotopic (exact) mass is 329 g/mol. The van der Waals surface area contributed by atoms with Crippen LogP contribution in [0.25, 0.3) is 5.69 Å². The Morgan fingerprint density at radius 3 is 2.62 bits per heavy atom. The SMILES string of the molecule is O=C(O)[C@H]1C[C@@H](c2cccc(-n3cccn3)c2)CC(=O)N1C(=O)O. The van der Waals surface area contributed by atoms with Gasteiger partial charge in [0.1, 0.15) is 6.04 Å². The van der Waals surface area contributed by atoms with Gasteiger partial charge in [-0.2, -0.15) is 5.10 Å². The van der Waals surface area contributed by atoms with Crippen molar-refractivity contribution in [1.82, 2.24) is 14.7 Å². The second-order valence-electron chi connectivity index (χ2n) is 5.58. The van der Waals surface area contributed by atoms with E-state index in [0.717, 1.165) is 11.3 Å². The lowest BCUT2D eigenvalue weighted by Crippen LogP contribution is -2.52. The molecule has 0 unspecified atom stereocenters. The molecule has 3 rings (SSSR count). The number of nitrogens with zero attached hydrogens (tertiary/aromatic N) is 3. The van der Waals surface area contributed by atoms with Crippen molar-refractivity contribution in [2.24, 2.45) is 0 Å². The number of rotatable bonds is 3. The highest BCUT2D eigenvalue weighted by atomic mass is 16.4. The van der Waals surface area contributed by atoms with Crippen LogP contribution >= 0.6 is 0 Å². The Labute approximate surface area is 136 Å². The minimum Gasteiger partial charge on any atom is -0.480 e. The third-order valence-corrected chi connectivity index (χ3v) is 4.11. The number of imide groups is 1. The molecule has 1 saturated heterocycles. The summed E-state index contributed by atoms with van der Waals surface area (Å²) in [5.74, 6) is -2.38. The van der Waals surface area contributed by atoms with Crippen LogP contribution in [0, 0.1) is 0 Å². The molecule has 0 aliphatic carbocycles. The molecular formula is C16H15N3O5. The average molecular weight is 329 g/mol. The van der Waals surface area contributed by atoms with E-state index in [1.165, 1.54) is 0 Å². The van der Waals surface area contributed by atoms with Crippen molar-refractivity contribution in [2.75, 3.05) is 0 Å². The molecule has 2 atom stereocenters. The highest BCUT2D eigenvalue weighted by Gasteiger charge is 2.42. The van der Waals surface area contributed by atoms with Crippen molar-refractivity contribution < 1.29 is 24.6 Å². The first-order chi connectivity index (χ1) is 11.5. The van der Waals surface area contributed by atoms with Crippen LogP contribution < -0.4 is 0 Å². The van der Waals surface area contributed by atoms with E-state index in [1.54, 1.807) is 35.3 Å². The number of likely N-dealkylation sites (tertiary alicyclic amines) is 1. The molecule has 2 aromatic rings. The van der Waals surface area contributed by atoms with Crippen LogP contribution in [0.4, 0.5) is 4.79 Å². The van der Waals surface area contributed by atoms with Crippen LogP contribution in [0.1, 0.15) is 24.3 Å². The van der Waals surface area contributed by atoms with Gasteiger partial charge in [-0.15, -0.1) is 0 Å². The van der Waals surface area contributed by atoms with E-state index in [1.807, 2.05) is 12.1 Å². The molecule has 1 aliphatic rings. The molecule has 1 aromatic heterocycles. The largest absolute Gasteiger partial charge is 0.480 e. The van der Waals surface area contributed by atoms with Crippen LogP contribution in [-0.4, -0.2) is 48.9 Å². The summed E-state index contributed by atoms with van der Waals surface area (Å²) in [7, 11) is 0. The molecule has 2 heterocycles. The number of amides is 2. The van der Waals surface area contributed by atoms with E-state index in [9.17, 15) is 19.5 Å².